The monoisotopic (exact) mass is 339 g/mol. The third kappa shape index (κ3) is 2.44. The molecular weight excluding hydrogens is 323 g/mol. The first kappa shape index (κ1) is 15.9. The minimum absolute atomic E-state index is 0.489. The van der Waals surface area contributed by atoms with Gasteiger partial charge in [0.1, 0.15) is 0 Å². The van der Waals surface area contributed by atoms with Gasteiger partial charge in [-0.05, 0) is 52.6 Å². The van der Waals surface area contributed by atoms with Gasteiger partial charge in [0.2, 0.25) is 0 Å². The highest BCUT2D eigenvalue weighted by atomic mass is 19.4. The number of nitrogens with zero attached hydrogens (tertiary/aromatic N) is 1. The van der Waals surface area contributed by atoms with Crippen LogP contribution in [-0.4, -0.2) is 4.98 Å². The third-order valence-corrected chi connectivity index (χ3v) is 4.96. The predicted molar refractivity (Wildman–Crippen MR) is 92.2 cm³/mol. The molecule has 25 heavy (non-hydrogen) atoms. The van der Waals surface area contributed by atoms with Gasteiger partial charge in [-0.3, -0.25) is 4.98 Å². The molecule has 0 spiro atoms. The van der Waals surface area contributed by atoms with Gasteiger partial charge in [0.15, 0.2) is 0 Å². The minimum Gasteiger partial charge on any atom is -0.256 e. The van der Waals surface area contributed by atoms with Gasteiger partial charge in [-0.1, -0.05) is 38.1 Å². The number of aromatic nitrogens is 1. The maximum atomic E-state index is 13.1. The number of fused-ring (bicyclic) bond motifs is 3. The normalized spacial score (nSPS) is 14.9. The summed E-state index contributed by atoms with van der Waals surface area (Å²) in [7, 11) is 0. The van der Waals surface area contributed by atoms with Gasteiger partial charge in [0.05, 0.1) is 11.3 Å². The Morgan fingerprint density at radius 3 is 2.16 bits per heavy atom. The summed E-state index contributed by atoms with van der Waals surface area (Å²) >= 11 is 0. The summed E-state index contributed by atoms with van der Waals surface area (Å²) in [6.45, 7) is 3.94. The van der Waals surface area contributed by atoms with Crippen molar-refractivity contribution < 1.29 is 13.2 Å². The summed E-state index contributed by atoms with van der Waals surface area (Å²) in [5, 5.41) is 0. The molecule has 2 aromatic carbocycles. The van der Waals surface area contributed by atoms with Gasteiger partial charge >= 0.3 is 6.18 Å². The molecule has 1 nitrogen and oxygen atoms in total. The molecule has 0 N–H and O–H groups in total. The zero-order valence-electron chi connectivity index (χ0n) is 13.9. The maximum Gasteiger partial charge on any atom is 0.416 e. The molecule has 1 aliphatic carbocycles. The van der Waals surface area contributed by atoms with Crippen molar-refractivity contribution in [3.63, 3.8) is 0 Å². The van der Waals surface area contributed by atoms with Crippen LogP contribution in [0.3, 0.4) is 0 Å². The Morgan fingerprint density at radius 2 is 1.52 bits per heavy atom. The van der Waals surface area contributed by atoms with Crippen LogP contribution in [0.2, 0.25) is 0 Å². The molecule has 0 amide bonds. The average molecular weight is 339 g/mol. The number of halogens is 3. The fourth-order valence-electron chi connectivity index (χ4n) is 3.61. The predicted octanol–water partition coefficient (Wildman–Crippen LogP) is 6.07. The van der Waals surface area contributed by atoms with E-state index in [4.69, 9.17) is 0 Å². The van der Waals surface area contributed by atoms with Crippen LogP contribution in [-0.2, 0) is 11.6 Å². The Labute approximate surface area is 144 Å². The lowest BCUT2D eigenvalue weighted by Gasteiger charge is -2.22. The second-order valence-electron chi connectivity index (χ2n) is 6.86. The summed E-state index contributed by atoms with van der Waals surface area (Å²) in [4.78, 5) is 4.37. The Bertz CT molecular complexity index is 957. The standard InChI is InChI=1S/C21H16F3N/c1-20(2)17-11-13(19-5-3-4-10-25-19)6-8-15(17)16-9-7-14(12-18(16)20)21(22,23)24/h3-12H,1-2H3. The van der Waals surface area contributed by atoms with Crippen molar-refractivity contribution in [3.8, 4) is 22.4 Å². The zero-order chi connectivity index (χ0) is 17.8. The summed E-state index contributed by atoms with van der Waals surface area (Å²) in [5.74, 6) is 0. The molecule has 0 atom stereocenters. The number of pyridine rings is 1. The van der Waals surface area contributed by atoms with E-state index < -0.39 is 17.2 Å². The average Bonchev–Trinajstić information content (AvgIpc) is 2.82. The molecule has 0 fully saturated rings. The summed E-state index contributed by atoms with van der Waals surface area (Å²) < 4.78 is 39.3. The highest BCUT2D eigenvalue weighted by Crippen LogP contribution is 2.50. The molecule has 4 rings (SSSR count). The highest BCUT2D eigenvalue weighted by molar-refractivity contribution is 5.83. The molecule has 126 valence electrons. The van der Waals surface area contributed by atoms with Crippen LogP contribution in [0, 0.1) is 0 Å². The summed E-state index contributed by atoms with van der Waals surface area (Å²) in [6, 6.07) is 15.8. The molecule has 1 aromatic heterocycles. The molecule has 1 heterocycles. The molecule has 0 bridgehead atoms. The van der Waals surface area contributed by atoms with E-state index in [2.05, 4.69) is 4.98 Å². The summed E-state index contributed by atoms with van der Waals surface area (Å²) in [6.07, 6.45) is -2.60. The quantitative estimate of drug-likeness (QED) is 0.524. The highest BCUT2D eigenvalue weighted by Gasteiger charge is 2.39. The van der Waals surface area contributed by atoms with E-state index >= 15 is 0 Å². The van der Waals surface area contributed by atoms with Crippen molar-refractivity contribution in [2.75, 3.05) is 0 Å². The van der Waals surface area contributed by atoms with E-state index in [1.807, 2.05) is 50.2 Å². The van der Waals surface area contributed by atoms with E-state index in [9.17, 15) is 13.2 Å². The Kier molecular flexibility index (Phi) is 3.29. The largest absolute Gasteiger partial charge is 0.416 e. The lowest BCUT2D eigenvalue weighted by Crippen LogP contribution is -2.16. The van der Waals surface area contributed by atoms with E-state index in [0.29, 0.717) is 0 Å². The van der Waals surface area contributed by atoms with Crippen LogP contribution >= 0.6 is 0 Å². The topological polar surface area (TPSA) is 12.9 Å². The SMILES string of the molecule is CC1(C)c2cc(-c3ccccn3)ccc2-c2ccc(C(F)(F)F)cc21. The van der Waals surface area contributed by atoms with Crippen molar-refractivity contribution >= 4 is 0 Å². The lowest BCUT2D eigenvalue weighted by molar-refractivity contribution is -0.137. The first-order valence-electron chi connectivity index (χ1n) is 8.06. The van der Waals surface area contributed by atoms with Crippen molar-refractivity contribution in [2.45, 2.75) is 25.4 Å². The smallest absolute Gasteiger partial charge is 0.256 e. The van der Waals surface area contributed by atoms with E-state index in [0.717, 1.165) is 39.6 Å². The first-order valence-corrected chi connectivity index (χ1v) is 8.06. The van der Waals surface area contributed by atoms with Crippen LogP contribution < -0.4 is 0 Å². The number of hydrogen-bond acceptors (Lipinski definition) is 1. The van der Waals surface area contributed by atoms with Crippen molar-refractivity contribution in [2.24, 2.45) is 0 Å². The van der Waals surface area contributed by atoms with Crippen LogP contribution in [0.15, 0.2) is 60.8 Å². The van der Waals surface area contributed by atoms with Gasteiger partial charge in [-0.25, -0.2) is 0 Å². The Hall–Kier alpha value is -2.62. The molecule has 0 saturated carbocycles. The van der Waals surface area contributed by atoms with Gasteiger partial charge < -0.3 is 0 Å². The number of rotatable bonds is 1. The second kappa shape index (κ2) is 5.19. The molecular formula is C21H16F3N. The molecule has 4 heteroatoms. The van der Waals surface area contributed by atoms with Gasteiger partial charge in [0, 0.05) is 17.2 Å². The number of hydrogen-bond donors (Lipinski definition) is 0. The molecule has 3 aromatic rings. The number of benzene rings is 2. The first-order chi connectivity index (χ1) is 11.8. The molecule has 0 saturated heterocycles. The minimum atomic E-state index is -4.33. The fraction of sp³-hybridized carbons (Fsp3) is 0.190. The Balaban J connectivity index is 1.88. The van der Waals surface area contributed by atoms with Crippen LogP contribution in [0.1, 0.15) is 30.5 Å². The van der Waals surface area contributed by atoms with Crippen LogP contribution in [0.4, 0.5) is 13.2 Å². The van der Waals surface area contributed by atoms with Crippen molar-refractivity contribution in [3.05, 3.63) is 77.5 Å². The Morgan fingerprint density at radius 1 is 0.840 bits per heavy atom. The molecule has 1 aliphatic rings. The van der Waals surface area contributed by atoms with Crippen LogP contribution in [0.25, 0.3) is 22.4 Å². The van der Waals surface area contributed by atoms with Crippen molar-refractivity contribution in [1.29, 1.82) is 0 Å². The second-order valence-corrected chi connectivity index (χ2v) is 6.86. The zero-order valence-corrected chi connectivity index (χ0v) is 13.9. The van der Waals surface area contributed by atoms with Gasteiger partial charge in [0.25, 0.3) is 0 Å². The molecule has 0 radical (unpaired) electrons. The third-order valence-electron chi connectivity index (χ3n) is 4.96. The van der Waals surface area contributed by atoms with E-state index in [-0.39, 0.29) is 0 Å². The molecule has 0 unspecified atom stereocenters. The lowest BCUT2D eigenvalue weighted by atomic mass is 9.81. The summed E-state index contributed by atoms with van der Waals surface area (Å²) in [5.41, 5.74) is 4.35. The number of alkyl halides is 3. The fourth-order valence-corrected chi connectivity index (χ4v) is 3.61. The maximum absolute atomic E-state index is 13.1. The van der Waals surface area contributed by atoms with Gasteiger partial charge in [-0.15, -0.1) is 0 Å². The van der Waals surface area contributed by atoms with E-state index in [1.54, 1.807) is 12.3 Å². The van der Waals surface area contributed by atoms with Gasteiger partial charge in [-0.2, -0.15) is 13.2 Å². The van der Waals surface area contributed by atoms with Crippen molar-refractivity contribution in [1.82, 2.24) is 4.98 Å². The molecule has 0 aliphatic heterocycles. The van der Waals surface area contributed by atoms with E-state index in [1.165, 1.54) is 6.07 Å². The van der Waals surface area contributed by atoms with Crippen LogP contribution in [0.5, 0.6) is 0 Å².